The molecular formula is C70H57BrCl4N20O3. The number of aliphatic hydroxyl groups is 2. The van der Waals surface area contributed by atoms with Crippen molar-refractivity contribution in [2.24, 2.45) is 5.92 Å². The van der Waals surface area contributed by atoms with Crippen LogP contribution in [0, 0.1) is 61.3 Å². The largest absolute Gasteiger partial charge is 0.392 e. The van der Waals surface area contributed by atoms with Crippen LogP contribution >= 0.6 is 62.3 Å². The lowest BCUT2D eigenvalue weighted by Gasteiger charge is -2.16. The van der Waals surface area contributed by atoms with Crippen LogP contribution in [0.3, 0.4) is 0 Å². The van der Waals surface area contributed by atoms with E-state index < -0.39 is 6.10 Å². The minimum Gasteiger partial charge on any atom is -0.392 e. The molecule has 1 unspecified atom stereocenters. The fourth-order valence-electron chi connectivity index (χ4n) is 11.2. The molecule has 0 saturated carbocycles. The average Bonchev–Trinajstić information content (AvgIpc) is 1.57. The van der Waals surface area contributed by atoms with Gasteiger partial charge in [0.25, 0.3) is 0 Å². The van der Waals surface area contributed by atoms with Crippen LogP contribution in [0.15, 0.2) is 126 Å². The van der Waals surface area contributed by atoms with Crippen LogP contribution in [0.25, 0.3) is 113 Å². The topological polar surface area (TPSA) is 281 Å². The van der Waals surface area contributed by atoms with Crippen molar-refractivity contribution in [1.82, 2.24) is 98.3 Å². The molecule has 0 fully saturated rings. The van der Waals surface area contributed by atoms with Crippen LogP contribution in [-0.2, 0) is 6.61 Å². The van der Waals surface area contributed by atoms with Gasteiger partial charge in [-0.1, -0.05) is 94.4 Å². The van der Waals surface area contributed by atoms with E-state index in [9.17, 15) is 15.0 Å². The lowest BCUT2D eigenvalue weighted by Crippen LogP contribution is -2.06. The molecule has 1 atom stereocenters. The third-order valence-electron chi connectivity index (χ3n) is 16.1. The molecule has 0 amide bonds. The fourth-order valence-corrected chi connectivity index (χ4v) is 12.4. The third-order valence-corrected chi connectivity index (χ3v) is 17.9. The molecule has 490 valence electrons. The fraction of sp³-hybridized carbons (Fsp3) is 0.186. The quantitative estimate of drug-likeness (QED) is 0.134. The van der Waals surface area contributed by atoms with Gasteiger partial charge in [0, 0.05) is 55.1 Å². The second-order valence-corrected chi connectivity index (χ2v) is 26.1. The van der Waals surface area contributed by atoms with Crippen LogP contribution in [0.1, 0.15) is 87.0 Å². The molecule has 16 aromatic rings. The second kappa shape index (κ2) is 27.1. The summed E-state index contributed by atoms with van der Waals surface area (Å²) >= 11 is 29.0. The number of carbonyl (C=O) groups excluding carboxylic acids is 1. The van der Waals surface area contributed by atoms with Gasteiger partial charge >= 0.3 is 0 Å². The summed E-state index contributed by atoms with van der Waals surface area (Å²) in [5.41, 5.74) is 19.9. The Morgan fingerprint density at radius 1 is 0.398 bits per heavy atom. The zero-order chi connectivity index (χ0) is 69.1. The van der Waals surface area contributed by atoms with Gasteiger partial charge in [0.15, 0.2) is 68.5 Å². The predicted molar refractivity (Wildman–Crippen MR) is 383 cm³/mol. The predicted octanol–water partition coefficient (Wildman–Crippen LogP) is 15.2. The lowest BCUT2D eigenvalue weighted by atomic mass is 9.97. The van der Waals surface area contributed by atoms with Crippen LogP contribution in [-0.4, -0.2) is 115 Å². The van der Waals surface area contributed by atoms with E-state index >= 15 is 0 Å². The van der Waals surface area contributed by atoms with Gasteiger partial charge in [-0.15, -0.1) is 40.8 Å². The molecule has 12 heterocycles. The van der Waals surface area contributed by atoms with Gasteiger partial charge in [0.05, 0.1) is 55.6 Å². The smallest absolute Gasteiger partial charge is 0.184 e. The minimum absolute atomic E-state index is 0.0698. The number of aliphatic hydroxyl groups excluding tert-OH is 2. The van der Waals surface area contributed by atoms with Crippen molar-refractivity contribution < 1.29 is 15.0 Å². The minimum atomic E-state index is -0.583. The molecule has 0 bridgehead atoms. The molecule has 0 spiro atoms. The average molecular weight is 1450 g/mol. The Kier molecular flexibility index (Phi) is 18.4. The number of rotatable bonds is 8. The first-order chi connectivity index (χ1) is 47.1. The lowest BCUT2D eigenvalue weighted by molar-refractivity contribution is 0.112. The Labute approximate surface area is 586 Å². The normalized spacial score (nSPS) is 11.9. The molecule has 0 aliphatic carbocycles. The number of hydrogen-bond donors (Lipinski definition) is 2. The molecule has 0 aliphatic rings. The van der Waals surface area contributed by atoms with E-state index in [2.05, 4.69) is 96.6 Å². The van der Waals surface area contributed by atoms with E-state index in [1.807, 2.05) is 172 Å². The number of benzene rings is 4. The highest BCUT2D eigenvalue weighted by atomic mass is 79.9. The van der Waals surface area contributed by atoms with Crippen LogP contribution in [0.4, 0.5) is 0 Å². The van der Waals surface area contributed by atoms with Crippen LogP contribution in [0.5, 0.6) is 0 Å². The van der Waals surface area contributed by atoms with E-state index in [0.29, 0.717) is 105 Å². The highest BCUT2D eigenvalue weighted by Gasteiger charge is 2.24. The van der Waals surface area contributed by atoms with E-state index in [1.165, 1.54) is 0 Å². The zero-order valence-corrected chi connectivity index (χ0v) is 58.7. The number of aromatic nitrogens is 20. The summed E-state index contributed by atoms with van der Waals surface area (Å²) in [5, 5.41) is 56.4. The number of halogens is 5. The number of pyridine rings is 4. The summed E-state index contributed by atoms with van der Waals surface area (Å²) in [6.07, 6.45) is 0.192. The maximum atomic E-state index is 11.1. The van der Waals surface area contributed by atoms with Crippen molar-refractivity contribution in [2.45, 2.75) is 81.9 Å². The Balaban J connectivity index is 0.000000118. The van der Waals surface area contributed by atoms with E-state index in [4.69, 9.17) is 46.4 Å². The van der Waals surface area contributed by atoms with E-state index in [-0.39, 0.29) is 12.5 Å². The highest BCUT2D eigenvalue weighted by Crippen LogP contribution is 2.37. The van der Waals surface area contributed by atoms with Crippen molar-refractivity contribution >= 4 is 136 Å². The SMILES string of the molecule is Cc1ccc2nc(C)c3nnc(-c4cc(Br)ccc4Cl)n3c2n1.Cc1ccc2nc(C)c3nnc(-c4cc(C(O)C(C)C)ccc4Cl)n3c2n1.Cc1ccc2nc(C)c3nnc(-c4cc(C=O)ccc4Cl)n3c2n1.Cc1ccc2nc(C)c3nnc(-c4cc(CO)ccc4Cl)n3c2n1. The third kappa shape index (κ3) is 12.6. The molecule has 4 aromatic carbocycles. The van der Waals surface area contributed by atoms with Crippen LogP contribution < -0.4 is 0 Å². The Morgan fingerprint density at radius 2 is 0.724 bits per heavy atom. The number of fused-ring (bicyclic) bond motifs is 12. The number of aryl methyl sites for hydroxylation is 8. The van der Waals surface area contributed by atoms with Crippen molar-refractivity contribution in [3.8, 4) is 45.6 Å². The van der Waals surface area contributed by atoms with Crippen molar-refractivity contribution in [3.05, 3.63) is 208 Å². The molecule has 98 heavy (non-hydrogen) atoms. The maximum Gasteiger partial charge on any atom is 0.184 e. The molecule has 28 heteroatoms. The van der Waals surface area contributed by atoms with Gasteiger partial charge in [-0.05, 0) is 176 Å². The molecule has 16 rings (SSSR count). The molecule has 0 aliphatic heterocycles. The Bertz CT molecular complexity index is 5880. The first kappa shape index (κ1) is 66.6. The maximum absolute atomic E-state index is 11.1. The van der Waals surface area contributed by atoms with Gasteiger partial charge in [-0.25, -0.2) is 39.9 Å². The summed E-state index contributed by atoms with van der Waals surface area (Å²) in [6, 6.07) is 37.0. The van der Waals surface area contributed by atoms with Gasteiger partial charge < -0.3 is 10.2 Å². The van der Waals surface area contributed by atoms with Gasteiger partial charge in [-0.3, -0.25) is 22.4 Å². The Hall–Kier alpha value is -10.1. The zero-order valence-electron chi connectivity index (χ0n) is 54.1. The summed E-state index contributed by atoms with van der Waals surface area (Å²) < 4.78 is 8.43. The van der Waals surface area contributed by atoms with Crippen molar-refractivity contribution in [1.29, 1.82) is 0 Å². The first-order valence-corrected chi connectivity index (χ1v) is 32.9. The van der Waals surface area contributed by atoms with Gasteiger partial charge in [0.1, 0.15) is 28.4 Å². The second-order valence-electron chi connectivity index (χ2n) is 23.6. The first-order valence-electron chi connectivity index (χ1n) is 30.6. The monoisotopic (exact) mass is 1440 g/mol. The number of carbonyl (C=O) groups is 1. The molecule has 23 nitrogen and oxygen atoms in total. The standard InChI is InChI=1S/C20H20ClN5O.C17H14ClN5O.C17H12ClN5O.C16H11BrClN5/c1-10(2)17(27)13-6-7-15(21)14(9-13)19-25-24-18-12(4)23-16-8-5-11(3)22-20(16)26(18)19;2*1-9-3-6-14-17(19-9)23-15(10(2)20-14)21-22-16(23)12-7-11(8-24)4-5-13(12)18;1-8-3-6-13-16(19-8)23-14(9(2)20-13)21-22-15(23)11-7-10(17)4-5-12(11)18/h5-10,17,27H,1-4H3;3-7,24H,8H2,1-2H3;3-8H,1-2H3;3-7H,1-2H3. The summed E-state index contributed by atoms with van der Waals surface area (Å²) in [5.74, 6) is 2.44. The summed E-state index contributed by atoms with van der Waals surface area (Å²) in [4.78, 5) is 47.8. The van der Waals surface area contributed by atoms with Gasteiger partial charge in [0.2, 0.25) is 0 Å². The van der Waals surface area contributed by atoms with E-state index in [0.717, 1.165) is 101 Å². The molecular weight excluding hydrogens is 1390 g/mol. The molecule has 2 N–H and O–H groups in total. The molecule has 12 aromatic heterocycles. The van der Waals surface area contributed by atoms with Gasteiger partial charge in [-0.2, -0.15) is 0 Å². The summed E-state index contributed by atoms with van der Waals surface area (Å²) in [6.45, 7) is 19.2. The highest BCUT2D eigenvalue weighted by molar-refractivity contribution is 9.10. The van der Waals surface area contributed by atoms with Crippen molar-refractivity contribution in [2.75, 3.05) is 0 Å². The van der Waals surface area contributed by atoms with E-state index in [1.54, 1.807) is 36.4 Å². The Morgan fingerprint density at radius 3 is 1.08 bits per heavy atom. The number of aldehydes is 1. The molecule has 0 saturated heterocycles. The number of nitrogens with zero attached hydrogens (tertiary/aromatic N) is 20. The van der Waals surface area contributed by atoms with Crippen LogP contribution in [0.2, 0.25) is 20.1 Å². The summed E-state index contributed by atoms with van der Waals surface area (Å²) in [7, 11) is 0. The number of hydrogen-bond acceptors (Lipinski definition) is 19. The van der Waals surface area contributed by atoms with Crippen molar-refractivity contribution in [3.63, 3.8) is 0 Å². The molecule has 0 radical (unpaired) electrons.